The summed E-state index contributed by atoms with van der Waals surface area (Å²) in [6.07, 6.45) is 2.28. The van der Waals surface area contributed by atoms with Gasteiger partial charge in [0.2, 0.25) is 0 Å². The normalized spacial score (nSPS) is 16.3. The number of nitrogens with one attached hydrogen (secondary N) is 2. The van der Waals surface area contributed by atoms with Crippen molar-refractivity contribution >= 4 is 11.6 Å². The Morgan fingerprint density at radius 1 is 1.04 bits per heavy atom. The van der Waals surface area contributed by atoms with E-state index in [-0.39, 0.29) is 0 Å². The molecule has 2 aromatic carbocycles. The molecule has 0 fully saturated rings. The molecule has 2 heterocycles. The first-order valence-electron chi connectivity index (χ1n) is 8.81. The molecule has 0 spiro atoms. The molecule has 0 atom stereocenters. The molecule has 124 valence electrons. The molecule has 4 heteroatoms. The van der Waals surface area contributed by atoms with Crippen molar-refractivity contribution in [3.63, 3.8) is 0 Å². The van der Waals surface area contributed by atoms with Gasteiger partial charge in [0.05, 0.1) is 0 Å². The maximum atomic E-state index is 4.44. The SMILES string of the molecule is c1ccc2c(c1)CCN2Cc1ccc(CNC2=NCCCN2)cc1. The van der Waals surface area contributed by atoms with Crippen molar-refractivity contribution in [1.82, 2.24) is 10.6 Å². The molecule has 0 aromatic heterocycles. The highest BCUT2D eigenvalue weighted by Gasteiger charge is 2.18. The van der Waals surface area contributed by atoms with Gasteiger partial charge in [0.25, 0.3) is 0 Å². The molecule has 2 aliphatic rings. The highest BCUT2D eigenvalue weighted by atomic mass is 15.2. The van der Waals surface area contributed by atoms with Gasteiger partial charge in [-0.15, -0.1) is 0 Å². The van der Waals surface area contributed by atoms with Crippen molar-refractivity contribution in [2.75, 3.05) is 24.5 Å². The Labute approximate surface area is 143 Å². The van der Waals surface area contributed by atoms with Crippen molar-refractivity contribution in [3.8, 4) is 0 Å². The summed E-state index contributed by atoms with van der Waals surface area (Å²) in [6, 6.07) is 17.7. The Balaban J connectivity index is 1.35. The minimum absolute atomic E-state index is 0.818. The molecule has 0 radical (unpaired) electrons. The van der Waals surface area contributed by atoms with Gasteiger partial charge in [-0.3, -0.25) is 4.99 Å². The van der Waals surface area contributed by atoms with Crippen LogP contribution < -0.4 is 15.5 Å². The fourth-order valence-electron chi connectivity index (χ4n) is 3.39. The average molecular weight is 320 g/mol. The van der Waals surface area contributed by atoms with E-state index in [1.54, 1.807) is 0 Å². The summed E-state index contributed by atoms with van der Waals surface area (Å²) in [5, 5.41) is 6.66. The van der Waals surface area contributed by atoms with Crippen LogP contribution in [0.25, 0.3) is 0 Å². The zero-order valence-electron chi connectivity index (χ0n) is 14.0. The summed E-state index contributed by atoms with van der Waals surface area (Å²) >= 11 is 0. The van der Waals surface area contributed by atoms with Crippen LogP contribution in [0.3, 0.4) is 0 Å². The smallest absolute Gasteiger partial charge is 0.191 e. The number of anilines is 1. The highest BCUT2D eigenvalue weighted by molar-refractivity contribution is 5.80. The Morgan fingerprint density at radius 3 is 2.71 bits per heavy atom. The van der Waals surface area contributed by atoms with Gasteiger partial charge in [0, 0.05) is 38.4 Å². The lowest BCUT2D eigenvalue weighted by atomic mass is 10.1. The fourth-order valence-corrected chi connectivity index (χ4v) is 3.39. The average Bonchev–Trinajstić information content (AvgIpc) is 3.05. The van der Waals surface area contributed by atoms with E-state index in [9.17, 15) is 0 Å². The molecule has 2 N–H and O–H groups in total. The highest BCUT2D eigenvalue weighted by Crippen LogP contribution is 2.28. The van der Waals surface area contributed by atoms with Crippen LogP contribution in [0, 0.1) is 0 Å². The van der Waals surface area contributed by atoms with Gasteiger partial charge >= 0.3 is 0 Å². The Morgan fingerprint density at radius 2 is 1.88 bits per heavy atom. The van der Waals surface area contributed by atoms with E-state index in [0.29, 0.717) is 0 Å². The van der Waals surface area contributed by atoms with E-state index < -0.39 is 0 Å². The van der Waals surface area contributed by atoms with Crippen LogP contribution in [0.2, 0.25) is 0 Å². The Bertz CT molecular complexity index is 721. The lowest BCUT2D eigenvalue weighted by molar-refractivity contribution is 0.702. The summed E-state index contributed by atoms with van der Waals surface area (Å²) in [6.45, 7) is 4.86. The zero-order valence-corrected chi connectivity index (χ0v) is 14.0. The van der Waals surface area contributed by atoms with Crippen molar-refractivity contribution in [1.29, 1.82) is 0 Å². The number of nitrogens with zero attached hydrogens (tertiary/aromatic N) is 2. The number of aliphatic imine (C=N–C) groups is 1. The number of fused-ring (bicyclic) bond motifs is 1. The van der Waals surface area contributed by atoms with Crippen LogP contribution in [0.15, 0.2) is 53.5 Å². The molecule has 4 nitrogen and oxygen atoms in total. The maximum absolute atomic E-state index is 4.44. The minimum atomic E-state index is 0.818. The summed E-state index contributed by atoms with van der Waals surface area (Å²) < 4.78 is 0. The van der Waals surface area contributed by atoms with Gasteiger partial charge in [0.1, 0.15) is 0 Å². The monoisotopic (exact) mass is 320 g/mol. The molecule has 24 heavy (non-hydrogen) atoms. The number of hydrogen-bond acceptors (Lipinski definition) is 4. The maximum Gasteiger partial charge on any atom is 0.191 e. The summed E-state index contributed by atoms with van der Waals surface area (Å²) in [5.74, 6) is 0.930. The fraction of sp³-hybridized carbons (Fsp3) is 0.350. The van der Waals surface area contributed by atoms with Crippen LogP contribution >= 0.6 is 0 Å². The van der Waals surface area contributed by atoms with E-state index in [1.165, 1.54) is 22.4 Å². The molecule has 0 aliphatic carbocycles. The first-order chi connectivity index (χ1) is 11.9. The molecule has 4 rings (SSSR count). The molecule has 0 unspecified atom stereocenters. The van der Waals surface area contributed by atoms with E-state index in [1.807, 2.05) is 0 Å². The molecule has 2 aromatic rings. The minimum Gasteiger partial charge on any atom is -0.367 e. The first kappa shape index (κ1) is 15.1. The van der Waals surface area contributed by atoms with Gasteiger partial charge < -0.3 is 15.5 Å². The van der Waals surface area contributed by atoms with Crippen molar-refractivity contribution < 1.29 is 0 Å². The zero-order chi connectivity index (χ0) is 16.2. The topological polar surface area (TPSA) is 39.7 Å². The number of rotatable bonds is 4. The summed E-state index contributed by atoms with van der Waals surface area (Å²) in [5.41, 5.74) is 5.52. The molecule has 0 saturated heterocycles. The quantitative estimate of drug-likeness (QED) is 0.910. The van der Waals surface area contributed by atoms with Crippen LogP contribution in [-0.4, -0.2) is 25.6 Å². The van der Waals surface area contributed by atoms with Crippen molar-refractivity contribution in [3.05, 3.63) is 65.2 Å². The predicted octanol–water partition coefficient (Wildman–Crippen LogP) is 2.69. The summed E-state index contributed by atoms with van der Waals surface area (Å²) in [7, 11) is 0. The van der Waals surface area contributed by atoms with E-state index >= 15 is 0 Å². The van der Waals surface area contributed by atoms with Gasteiger partial charge in [-0.1, -0.05) is 42.5 Å². The largest absolute Gasteiger partial charge is 0.367 e. The Kier molecular flexibility index (Phi) is 4.36. The molecular weight excluding hydrogens is 296 g/mol. The van der Waals surface area contributed by atoms with Crippen LogP contribution in [0.4, 0.5) is 5.69 Å². The van der Waals surface area contributed by atoms with Crippen molar-refractivity contribution in [2.24, 2.45) is 4.99 Å². The number of para-hydroxylation sites is 1. The number of guanidine groups is 1. The van der Waals surface area contributed by atoms with Gasteiger partial charge in [-0.25, -0.2) is 0 Å². The van der Waals surface area contributed by atoms with Crippen molar-refractivity contribution in [2.45, 2.75) is 25.9 Å². The van der Waals surface area contributed by atoms with Crippen LogP contribution in [0.1, 0.15) is 23.1 Å². The second kappa shape index (κ2) is 6.95. The second-order valence-corrected chi connectivity index (χ2v) is 6.48. The molecule has 0 saturated carbocycles. The third-order valence-corrected chi connectivity index (χ3v) is 4.74. The van der Waals surface area contributed by atoms with Gasteiger partial charge in [-0.05, 0) is 35.6 Å². The lowest BCUT2D eigenvalue weighted by Crippen LogP contribution is -2.40. The molecule has 0 bridgehead atoms. The van der Waals surface area contributed by atoms with Crippen LogP contribution in [0.5, 0.6) is 0 Å². The number of benzene rings is 2. The molecular formula is C20H24N4. The third kappa shape index (κ3) is 3.37. The van der Waals surface area contributed by atoms with E-state index in [2.05, 4.69) is 69.1 Å². The lowest BCUT2D eigenvalue weighted by Gasteiger charge is -2.20. The second-order valence-electron chi connectivity index (χ2n) is 6.48. The third-order valence-electron chi connectivity index (χ3n) is 4.74. The standard InChI is InChI=1S/C20H24N4/c1-2-5-19-18(4-1)10-13-24(19)15-17-8-6-16(7-9-17)14-23-20-21-11-3-12-22-20/h1-2,4-9H,3,10-15H2,(H2,21,22,23). The number of hydrogen-bond donors (Lipinski definition) is 2. The molecule has 2 aliphatic heterocycles. The van der Waals surface area contributed by atoms with E-state index in [4.69, 9.17) is 0 Å². The van der Waals surface area contributed by atoms with E-state index in [0.717, 1.165) is 51.5 Å². The Hall–Kier alpha value is -2.49. The predicted molar refractivity (Wildman–Crippen MR) is 99.4 cm³/mol. The van der Waals surface area contributed by atoms with Gasteiger partial charge in [-0.2, -0.15) is 0 Å². The van der Waals surface area contributed by atoms with Crippen LogP contribution in [-0.2, 0) is 19.5 Å². The first-order valence-corrected chi connectivity index (χ1v) is 8.81. The van der Waals surface area contributed by atoms with Gasteiger partial charge in [0.15, 0.2) is 5.96 Å². The summed E-state index contributed by atoms with van der Waals surface area (Å²) in [4.78, 5) is 6.92. The molecule has 0 amide bonds.